The van der Waals surface area contributed by atoms with E-state index in [9.17, 15) is 9.36 Å². The van der Waals surface area contributed by atoms with Gasteiger partial charge in [0.2, 0.25) is 0 Å². The van der Waals surface area contributed by atoms with Crippen LogP contribution in [0.1, 0.15) is 58.8 Å². The predicted molar refractivity (Wildman–Crippen MR) is 98.0 cm³/mol. The number of carbonyl (C=O) groups is 1. The highest BCUT2D eigenvalue weighted by atomic mass is 79.9. The molecule has 0 radical (unpaired) electrons. The summed E-state index contributed by atoms with van der Waals surface area (Å²) < 4.78 is 22.4. The number of halogens is 1. The number of hydrogen-bond acceptors (Lipinski definition) is 5. The molecule has 0 heterocycles. The van der Waals surface area contributed by atoms with Crippen LogP contribution in [0.4, 0.5) is 0 Å². The molecule has 2 N–H and O–H groups in total. The third-order valence-electron chi connectivity index (χ3n) is 4.20. The van der Waals surface area contributed by atoms with Gasteiger partial charge in [-0.05, 0) is 29.2 Å². The molecule has 0 aromatic carbocycles. The van der Waals surface area contributed by atoms with Gasteiger partial charge in [-0.25, -0.2) is 0 Å². The summed E-state index contributed by atoms with van der Waals surface area (Å²) >= 11 is 0. The van der Waals surface area contributed by atoms with E-state index in [1.165, 1.54) is 39.2 Å². The number of esters is 1. The van der Waals surface area contributed by atoms with Crippen molar-refractivity contribution in [2.24, 2.45) is 23.5 Å². The monoisotopic (exact) mass is 412 g/mol. The molecule has 23 heavy (non-hydrogen) atoms. The molecule has 5 nitrogen and oxygen atoms in total. The zero-order valence-electron chi connectivity index (χ0n) is 14.5. The molecule has 1 fully saturated rings. The zero-order valence-corrected chi connectivity index (χ0v) is 17.1. The lowest BCUT2D eigenvalue weighted by atomic mass is 9.87. The highest BCUT2D eigenvalue weighted by Gasteiger charge is 2.34. The molecule has 7 heteroatoms. The van der Waals surface area contributed by atoms with E-state index < -0.39 is 14.3 Å². The Morgan fingerprint density at radius 1 is 1.26 bits per heavy atom. The second-order valence-electron chi connectivity index (χ2n) is 6.75. The second kappa shape index (κ2) is 12.3. The third-order valence-corrected chi connectivity index (χ3v) is 5.45. The van der Waals surface area contributed by atoms with E-state index in [1.807, 2.05) is 13.8 Å². The molecule has 0 aromatic heterocycles. The summed E-state index contributed by atoms with van der Waals surface area (Å²) in [7, 11) is -0.571. The van der Waals surface area contributed by atoms with Crippen molar-refractivity contribution in [2.45, 2.75) is 65.0 Å². The maximum Gasteiger partial charge on any atom is 0.510 e. The summed E-state index contributed by atoms with van der Waals surface area (Å²) in [5, 5.41) is 0. The first-order valence-corrected chi connectivity index (χ1v) is 9.73. The number of nitrogens with two attached hydrogens (primary N) is 1. The van der Waals surface area contributed by atoms with Gasteiger partial charge in [0.05, 0.1) is 7.11 Å². The summed E-state index contributed by atoms with van der Waals surface area (Å²) in [4.78, 5) is 11.7. The number of hydrogen-bond donors (Lipinski definition) is 1. The average molecular weight is 413 g/mol. The predicted octanol–water partition coefficient (Wildman–Crippen LogP) is 4.41. The highest BCUT2D eigenvalue weighted by molar-refractivity contribution is 8.93. The van der Waals surface area contributed by atoms with Crippen molar-refractivity contribution in [1.29, 1.82) is 0 Å². The normalized spacial score (nSPS) is 18.9. The minimum Gasteiger partial charge on any atom is -0.469 e. The molecule has 3 unspecified atom stereocenters. The van der Waals surface area contributed by atoms with Gasteiger partial charge in [-0.3, -0.25) is 4.79 Å². The number of methoxy groups -OCH3 is 1. The largest absolute Gasteiger partial charge is 0.510 e. The molecule has 0 aliphatic heterocycles. The first-order valence-electron chi connectivity index (χ1n) is 8.37. The summed E-state index contributed by atoms with van der Waals surface area (Å²) in [5.41, 5.74) is 5.97. The molecule has 3 atom stereocenters. The van der Waals surface area contributed by atoms with E-state index in [2.05, 4.69) is 0 Å². The molecule has 1 aliphatic carbocycles. The molecule has 0 spiro atoms. The van der Waals surface area contributed by atoms with Gasteiger partial charge in [0.25, 0.3) is 0 Å². The Kier molecular flexibility index (Phi) is 12.3. The minimum atomic E-state index is -1.93. The van der Waals surface area contributed by atoms with E-state index in [1.54, 1.807) is 0 Å². The maximum absolute atomic E-state index is 12.1. The van der Waals surface area contributed by atoms with Crippen LogP contribution in [-0.4, -0.2) is 25.5 Å². The molecule has 0 aromatic rings. The molecule has 1 saturated carbocycles. The maximum atomic E-state index is 12.1. The second-order valence-corrected chi connectivity index (χ2v) is 7.99. The quantitative estimate of drug-likeness (QED) is 0.344. The Hall–Kier alpha value is -0.0300. The molecule has 1 rings (SSSR count). The van der Waals surface area contributed by atoms with Crippen molar-refractivity contribution < 1.29 is 18.6 Å². The van der Waals surface area contributed by atoms with E-state index in [0.717, 1.165) is 6.42 Å². The lowest BCUT2D eigenvalue weighted by Gasteiger charge is -2.22. The van der Waals surface area contributed by atoms with Crippen LogP contribution in [0, 0.1) is 17.8 Å². The minimum absolute atomic E-state index is 0. The van der Waals surface area contributed by atoms with Crippen molar-refractivity contribution in [3.8, 4) is 0 Å². The fourth-order valence-electron chi connectivity index (χ4n) is 3.15. The Labute approximate surface area is 151 Å². The van der Waals surface area contributed by atoms with Crippen LogP contribution in [0.2, 0.25) is 0 Å². The first kappa shape index (κ1) is 23.0. The van der Waals surface area contributed by atoms with Crippen molar-refractivity contribution in [1.82, 2.24) is 0 Å². The van der Waals surface area contributed by atoms with Gasteiger partial charge in [-0.1, -0.05) is 46.0 Å². The fraction of sp³-hybridized carbons (Fsp3) is 0.938. The lowest BCUT2D eigenvalue weighted by Crippen LogP contribution is -2.27. The van der Waals surface area contributed by atoms with Crippen LogP contribution in [0.25, 0.3) is 0 Å². The fourth-order valence-corrected chi connectivity index (χ4v) is 4.28. The lowest BCUT2D eigenvalue weighted by molar-refractivity contribution is -0.145. The molecule has 136 valence electrons. The van der Waals surface area contributed by atoms with Gasteiger partial charge in [-0.15, -0.1) is 21.5 Å². The summed E-state index contributed by atoms with van der Waals surface area (Å²) in [6.45, 7) is 4.05. The number of rotatable bonds is 9. The van der Waals surface area contributed by atoms with Crippen molar-refractivity contribution in [2.75, 3.05) is 13.3 Å². The summed E-state index contributed by atoms with van der Waals surface area (Å²) in [6.07, 6.45) is 7.28. The Bertz CT molecular complexity index is 362. The average Bonchev–Trinajstić information content (AvgIpc) is 2.46. The van der Waals surface area contributed by atoms with Gasteiger partial charge in [0.1, 0.15) is 5.92 Å². The molecular weight excluding hydrogens is 381 g/mol. The van der Waals surface area contributed by atoms with Crippen molar-refractivity contribution in [3.63, 3.8) is 0 Å². The van der Waals surface area contributed by atoms with E-state index >= 15 is 0 Å². The Balaban J connectivity index is 0.00000484. The van der Waals surface area contributed by atoms with E-state index in [0.29, 0.717) is 18.3 Å². The van der Waals surface area contributed by atoms with Gasteiger partial charge in [-0.2, -0.15) is 0 Å². The van der Waals surface area contributed by atoms with Crippen LogP contribution < -0.4 is 5.73 Å². The van der Waals surface area contributed by atoms with Crippen LogP contribution in [-0.2, 0) is 18.6 Å². The molecule has 1 aliphatic rings. The molecule has 0 saturated heterocycles. The van der Waals surface area contributed by atoms with Gasteiger partial charge >= 0.3 is 14.0 Å². The third kappa shape index (κ3) is 9.75. The van der Waals surface area contributed by atoms with Gasteiger partial charge in [0, 0.05) is 0 Å². The Morgan fingerprint density at radius 3 is 2.39 bits per heavy atom. The summed E-state index contributed by atoms with van der Waals surface area (Å²) in [5.74, 6) is 0.222. The van der Waals surface area contributed by atoms with Crippen LogP contribution in [0.15, 0.2) is 0 Å². The van der Waals surface area contributed by atoms with E-state index in [4.69, 9.17) is 15.0 Å². The van der Waals surface area contributed by atoms with Crippen LogP contribution >= 0.6 is 25.0 Å². The van der Waals surface area contributed by atoms with Crippen LogP contribution in [0.5, 0.6) is 0 Å². The summed E-state index contributed by atoms with van der Waals surface area (Å²) in [6, 6.07) is 0. The number of carbonyl (C=O) groups excluding carboxylic acids is 1. The molecular formula is C16H32BrNO4P+. The number of ether oxygens (including phenoxy) is 1. The molecule has 0 bridgehead atoms. The van der Waals surface area contributed by atoms with Crippen molar-refractivity contribution >= 4 is 31.0 Å². The SMILES string of the molecule is Br.COC(=O)C(CC(C)C)C[P+](=O)OC(N)CC1CCCCC1. The van der Waals surface area contributed by atoms with Gasteiger partial charge in [0.15, 0.2) is 12.4 Å². The first-order chi connectivity index (χ1) is 10.4. The zero-order chi connectivity index (χ0) is 16.5. The van der Waals surface area contributed by atoms with E-state index in [-0.39, 0.29) is 35.0 Å². The smallest absolute Gasteiger partial charge is 0.469 e. The van der Waals surface area contributed by atoms with Crippen molar-refractivity contribution in [3.05, 3.63) is 0 Å². The Morgan fingerprint density at radius 2 is 1.87 bits per heavy atom. The topological polar surface area (TPSA) is 78.6 Å². The highest BCUT2D eigenvalue weighted by Crippen LogP contribution is 2.33. The van der Waals surface area contributed by atoms with Crippen LogP contribution in [0.3, 0.4) is 0 Å². The molecule has 0 amide bonds. The van der Waals surface area contributed by atoms with Gasteiger partial charge < -0.3 is 10.5 Å². The standard InChI is InChI=1S/C16H31NO4P.BrH/c1-12(2)9-14(16(18)20-3)11-22(19)21-15(17)10-13-7-5-4-6-8-13;/h12-15H,4-11,17H2,1-3H3;1H/q+1;.